The summed E-state index contributed by atoms with van der Waals surface area (Å²) in [4.78, 5) is 35.9. The van der Waals surface area contributed by atoms with Crippen molar-refractivity contribution < 1.29 is 34.1 Å². The summed E-state index contributed by atoms with van der Waals surface area (Å²) >= 11 is 1.68. The molecule has 2 aromatic carbocycles. The van der Waals surface area contributed by atoms with Gasteiger partial charge < -0.3 is 30.7 Å². The molecule has 0 amide bonds. The lowest BCUT2D eigenvalue weighted by Crippen LogP contribution is -2.29. The first-order valence-corrected chi connectivity index (χ1v) is 18.5. The lowest BCUT2D eigenvalue weighted by atomic mass is 10.0. The Morgan fingerprint density at radius 1 is 1.02 bits per heavy atom. The maximum atomic E-state index is 12.5. The number of halogens is 1. The molecule has 11 heteroatoms. The zero-order chi connectivity index (χ0) is 39.3. The molecule has 0 spiro atoms. The van der Waals surface area contributed by atoms with Crippen LogP contribution in [0.3, 0.4) is 0 Å². The molecule has 286 valence electrons. The fraction of sp³-hybridized carbons (Fsp3) is 0.415. The monoisotopic (exact) mass is 739 g/mol. The molecule has 5 N–H and O–H groups in total. The first kappa shape index (κ1) is 47.5. The summed E-state index contributed by atoms with van der Waals surface area (Å²) in [6.45, 7) is 12.5. The van der Waals surface area contributed by atoms with Gasteiger partial charge in [0.05, 0.1) is 16.8 Å². The van der Waals surface area contributed by atoms with Gasteiger partial charge in [-0.15, -0.1) is 11.3 Å². The smallest absolute Gasteiger partial charge is 0.303 e. The summed E-state index contributed by atoms with van der Waals surface area (Å²) in [5, 5.41) is 28.4. The molecule has 3 aromatic rings. The Balaban J connectivity index is 0.00000113. The van der Waals surface area contributed by atoms with Crippen molar-refractivity contribution in [2.45, 2.75) is 104 Å². The van der Waals surface area contributed by atoms with E-state index in [2.05, 4.69) is 73.8 Å². The lowest BCUT2D eigenvalue weighted by Gasteiger charge is -2.28. The van der Waals surface area contributed by atoms with E-state index in [0.717, 1.165) is 48.2 Å². The van der Waals surface area contributed by atoms with Gasteiger partial charge in [-0.2, -0.15) is 0 Å². The van der Waals surface area contributed by atoms with Crippen molar-refractivity contribution in [3.05, 3.63) is 118 Å². The number of carboxylic acids is 1. The number of aliphatic hydroxyl groups is 1. The number of aliphatic hydroxyl groups excluding tert-OH is 1. The van der Waals surface area contributed by atoms with Crippen LogP contribution in [-0.4, -0.2) is 52.1 Å². The number of carboxylic acid groups (broad SMARTS) is 2. The van der Waals surface area contributed by atoms with Crippen molar-refractivity contribution in [2.24, 2.45) is 5.73 Å². The normalized spacial score (nSPS) is 12.0. The second kappa shape index (κ2) is 29.2. The molecular weight excluding hydrogens is 682 g/mol. The number of aliphatic carboxylic acids is 1. The number of aldehydes is 1. The van der Waals surface area contributed by atoms with Gasteiger partial charge in [0.2, 0.25) is 0 Å². The van der Waals surface area contributed by atoms with Crippen LogP contribution < -0.4 is 10.6 Å². The Labute approximate surface area is 313 Å². The molecule has 0 fully saturated rings. The molecule has 0 saturated heterocycles. The molecular formula is C41H58FN3O6S. The number of carbonyl (C=O) groups is 3. The van der Waals surface area contributed by atoms with Crippen LogP contribution in [0.15, 0.2) is 89.9 Å². The van der Waals surface area contributed by atoms with Gasteiger partial charge in [0.25, 0.3) is 6.47 Å². The number of carbonyl (C=O) groups excluding carboxylic acids is 1. The van der Waals surface area contributed by atoms with E-state index < -0.39 is 12.1 Å². The number of aromatic nitrogens is 1. The van der Waals surface area contributed by atoms with E-state index in [4.69, 9.17) is 20.7 Å². The number of likely N-dealkylation sites (N-methyl/N-ethyl adjacent to an activating group) is 1. The summed E-state index contributed by atoms with van der Waals surface area (Å²) in [7, 11) is 2.12. The maximum Gasteiger partial charge on any atom is 0.303 e. The molecule has 0 aliphatic heterocycles. The number of hydrogen-bond donors (Lipinski definition) is 4. The Bertz CT molecular complexity index is 1490. The molecule has 0 aliphatic rings. The SMILES string of the molecule is C=C/C(=C\C=C(/C)C(C)N(C)c1ccc(CCc2nc(CN)cs2)cc1)CCCCC(=O)O.CC.O=CCCC[C@H](O)c1ccc(F)cc1.O=CO. The number of aryl methyl sites for hydroxylation is 2. The predicted octanol–water partition coefficient (Wildman–Crippen LogP) is 8.87. The minimum Gasteiger partial charge on any atom is -0.483 e. The maximum absolute atomic E-state index is 12.5. The minimum absolute atomic E-state index is 0.222. The lowest BCUT2D eigenvalue weighted by molar-refractivity contribution is -0.137. The molecule has 1 heterocycles. The van der Waals surface area contributed by atoms with Gasteiger partial charge in [-0.05, 0) is 93.3 Å². The quantitative estimate of drug-likeness (QED) is 0.0536. The van der Waals surface area contributed by atoms with Crippen molar-refractivity contribution in [1.82, 2.24) is 4.98 Å². The van der Waals surface area contributed by atoms with Crippen LogP contribution in [0, 0.1) is 5.82 Å². The van der Waals surface area contributed by atoms with E-state index >= 15 is 0 Å². The second-order valence-corrected chi connectivity index (χ2v) is 12.6. The Kier molecular flexibility index (Phi) is 26.7. The second-order valence-electron chi connectivity index (χ2n) is 11.6. The van der Waals surface area contributed by atoms with Crippen LogP contribution in [0.1, 0.15) is 101 Å². The largest absolute Gasteiger partial charge is 0.483 e. The average Bonchev–Trinajstić information content (AvgIpc) is 3.63. The number of allylic oxidation sites excluding steroid dienone is 4. The van der Waals surface area contributed by atoms with E-state index in [1.807, 2.05) is 25.3 Å². The van der Waals surface area contributed by atoms with E-state index in [1.54, 1.807) is 23.5 Å². The fourth-order valence-corrected chi connectivity index (χ4v) is 5.53. The highest BCUT2D eigenvalue weighted by atomic mass is 32.1. The highest BCUT2D eigenvalue weighted by Gasteiger charge is 2.12. The van der Waals surface area contributed by atoms with Crippen molar-refractivity contribution in [2.75, 3.05) is 11.9 Å². The summed E-state index contributed by atoms with van der Waals surface area (Å²) < 4.78 is 12.5. The van der Waals surface area contributed by atoms with E-state index in [0.29, 0.717) is 37.8 Å². The Hall–Kier alpha value is -4.45. The number of anilines is 1. The number of nitrogens with zero attached hydrogens (tertiary/aromatic N) is 2. The number of thiazole rings is 1. The van der Waals surface area contributed by atoms with Crippen LogP contribution in [-0.2, 0) is 33.8 Å². The van der Waals surface area contributed by atoms with Crippen LogP contribution in [0.4, 0.5) is 10.1 Å². The van der Waals surface area contributed by atoms with Crippen LogP contribution >= 0.6 is 11.3 Å². The zero-order valence-electron chi connectivity index (χ0n) is 31.3. The van der Waals surface area contributed by atoms with Gasteiger partial charge in [-0.3, -0.25) is 9.59 Å². The summed E-state index contributed by atoms with van der Waals surface area (Å²) in [6.07, 6.45) is 12.5. The minimum atomic E-state index is -0.736. The number of rotatable bonds is 19. The molecule has 0 aliphatic carbocycles. The third-order valence-corrected chi connectivity index (χ3v) is 8.96. The van der Waals surface area contributed by atoms with Crippen LogP contribution in [0.2, 0.25) is 0 Å². The molecule has 2 atom stereocenters. The molecule has 1 aromatic heterocycles. The van der Waals surface area contributed by atoms with Crippen LogP contribution in [0.25, 0.3) is 0 Å². The number of nitrogens with two attached hydrogens (primary N) is 1. The Morgan fingerprint density at radius 2 is 1.63 bits per heavy atom. The fourth-order valence-electron chi connectivity index (χ4n) is 4.72. The number of benzene rings is 2. The van der Waals surface area contributed by atoms with Gasteiger partial charge >= 0.3 is 5.97 Å². The number of unbranched alkanes of at least 4 members (excludes halogenated alkanes) is 2. The zero-order valence-corrected chi connectivity index (χ0v) is 32.2. The molecule has 9 nitrogen and oxygen atoms in total. The first-order chi connectivity index (χ1) is 25.0. The van der Waals surface area contributed by atoms with Crippen molar-refractivity contribution in [1.29, 1.82) is 0 Å². The van der Waals surface area contributed by atoms with E-state index in [9.17, 15) is 19.1 Å². The third kappa shape index (κ3) is 20.4. The van der Waals surface area contributed by atoms with Gasteiger partial charge in [-0.25, -0.2) is 9.37 Å². The average molecular weight is 740 g/mol. The van der Waals surface area contributed by atoms with E-state index in [1.165, 1.54) is 29.0 Å². The summed E-state index contributed by atoms with van der Waals surface area (Å²) in [6, 6.07) is 14.7. The van der Waals surface area contributed by atoms with Crippen molar-refractivity contribution in [3.8, 4) is 0 Å². The number of hydrogen-bond acceptors (Lipinski definition) is 8. The Morgan fingerprint density at radius 3 is 2.17 bits per heavy atom. The molecule has 52 heavy (non-hydrogen) atoms. The van der Waals surface area contributed by atoms with Crippen LogP contribution in [0.5, 0.6) is 0 Å². The third-order valence-electron chi connectivity index (χ3n) is 8.00. The molecule has 0 bridgehead atoms. The highest BCUT2D eigenvalue weighted by molar-refractivity contribution is 7.09. The summed E-state index contributed by atoms with van der Waals surface area (Å²) in [5.41, 5.74) is 12.2. The van der Waals surface area contributed by atoms with Gasteiger partial charge in [-0.1, -0.05) is 68.5 Å². The predicted molar refractivity (Wildman–Crippen MR) is 211 cm³/mol. The van der Waals surface area contributed by atoms with Crippen molar-refractivity contribution >= 4 is 35.8 Å². The topological polar surface area (TPSA) is 154 Å². The molecule has 0 radical (unpaired) electrons. The standard InChI is InChI=1S/C27H37N3O2S.C11H13FO2.C2H6.CH2O2/c1-5-22(8-6-7-9-27(31)32)11-10-20(2)21(3)30(4)25-15-12-23(13-16-25)14-17-26-29-24(18-28)19-33-26;12-10-6-4-9(5-7-10)11(14)3-1-2-8-13;1-2;2-1-3/h5,10-13,15-16,19,21H,1,6-9,14,17-18,28H2,2-4H3,(H,31,32);4-8,11,14H,1-3H2;1-2H3;1H,(H,2,3)/b20-10+,22-11+;;;/t;11-;;/m.0../s1. The highest BCUT2D eigenvalue weighted by Crippen LogP contribution is 2.22. The molecule has 1 unspecified atom stereocenters. The summed E-state index contributed by atoms with van der Waals surface area (Å²) in [5.74, 6) is -1.05. The van der Waals surface area contributed by atoms with Gasteiger partial charge in [0, 0.05) is 50.0 Å². The van der Waals surface area contributed by atoms with E-state index in [-0.39, 0.29) is 24.8 Å². The van der Waals surface area contributed by atoms with Crippen molar-refractivity contribution in [3.63, 3.8) is 0 Å². The molecule has 0 saturated carbocycles. The molecule has 3 rings (SSSR count). The first-order valence-electron chi connectivity index (χ1n) is 17.6. The van der Waals surface area contributed by atoms with Gasteiger partial charge in [0.1, 0.15) is 12.1 Å². The van der Waals surface area contributed by atoms with Gasteiger partial charge in [0.15, 0.2) is 0 Å².